The summed E-state index contributed by atoms with van der Waals surface area (Å²) in [6.07, 6.45) is 2.10. The van der Waals surface area contributed by atoms with Gasteiger partial charge in [-0.25, -0.2) is 14.7 Å². The van der Waals surface area contributed by atoms with Crippen LogP contribution >= 0.6 is 15.9 Å². The van der Waals surface area contributed by atoms with E-state index in [4.69, 9.17) is 0 Å². The molecule has 0 bridgehead atoms. The van der Waals surface area contributed by atoms with Crippen molar-refractivity contribution >= 4 is 56.5 Å². The standard InChI is InChI=1S/C21H24BrN7O2/c1-14-18-19(28-9-7-26(2)8-10-28)17(12-23-20(18)27(3)25-14)29(13-30)21(31)24-16-6-4-5-15(22)11-16/h4-6,11-13H,7-10H2,1-3H3,(H,24,31). The van der Waals surface area contributed by atoms with E-state index in [1.807, 2.05) is 26.1 Å². The predicted octanol–water partition coefficient (Wildman–Crippen LogP) is 2.99. The summed E-state index contributed by atoms with van der Waals surface area (Å²) >= 11 is 3.39. The van der Waals surface area contributed by atoms with E-state index in [1.165, 1.54) is 0 Å². The molecular weight excluding hydrogens is 462 g/mol. The summed E-state index contributed by atoms with van der Waals surface area (Å²) in [6.45, 7) is 5.23. The van der Waals surface area contributed by atoms with Crippen LogP contribution in [0.1, 0.15) is 5.69 Å². The fraction of sp³-hybridized carbons (Fsp3) is 0.333. The lowest BCUT2D eigenvalue weighted by molar-refractivity contribution is -0.106. The number of rotatable bonds is 4. The second-order valence-corrected chi connectivity index (χ2v) is 8.52. The molecule has 1 aliphatic heterocycles. The number of hydrogen-bond acceptors (Lipinski definition) is 6. The molecule has 31 heavy (non-hydrogen) atoms. The van der Waals surface area contributed by atoms with Gasteiger partial charge in [0.25, 0.3) is 0 Å². The van der Waals surface area contributed by atoms with E-state index < -0.39 is 6.03 Å². The molecule has 0 radical (unpaired) electrons. The highest BCUT2D eigenvalue weighted by Gasteiger charge is 2.28. The quantitative estimate of drug-likeness (QED) is 0.571. The van der Waals surface area contributed by atoms with Crippen molar-refractivity contribution in [2.45, 2.75) is 6.92 Å². The van der Waals surface area contributed by atoms with Crippen molar-refractivity contribution in [2.75, 3.05) is 48.3 Å². The van der Waals surface area contributed by atoms with Gasteiger partial charge < -0.3 is 15.1 Å². The summed E-state index contributed by atoms with van der Waals surface area (Å²) in [6, 6.07) is 6.66. The molecule has 0 spiro atoms. The summed E-state index contributed by atoms with van der Waals surface area (Å²) in [5.74, 6) is 0. The summed E-state index contributed by atoms with van der Waals surface area (Å²) in [5.41, 5.74) is 3.35. The summed E-state index contributed by atoms with van der Waals surface area (Å²) in [4.78, 5) is 35.2. The first-order chi connectivity index (χ1) is 14.9. The number of likely N-dealkylation sites (N-methyl/N-ethyl adjacent to an activating group) is 1. The maximum absolute atomic E-state index is 13.1. The zero-order valence-corrected chi connectivity index (χ0v) is 19.3. The topological polar surface area (TPSA) is 86.6 Å². The summed E-state index contributed by atoms with van der Waals surface area (Å²) < 4.78 is 2.55. The number of imide groups is 1. The summed E-state index contributed by atoms with van der Waals surface area (Å²) in [7, 11) is 3.92. The van der Waals surface area contributed by atoms with E-state index >= 15 is 0 Å². The van der Waals surface area contributed by atoms with Crippen molar-refractivity contribution in [3.05, 3.63) is 40.6 Å². The van der Waals surface area contributed by atoms with E-state index in [2.05, 4.69) is 48.2 Å². The number of amides is 3. The van der Waals surface area contributed by atoms with Crippen LogP contribution in [0.4, 0.5) is 21.9 Å². The zero-order chi connectivity index (χ0) is 22.1. The molecule has 0 atom stereocenters. The fourth-order valence-electron chi connectivity index (χ4n) is 3.87. The monoisotopic (exact) mass is 485 g/mol. The minimum Gasteiger partial charge on any atom is -0.367 e. The number of aromatic nitrogens is 3. The van der Waals surface area contributed by atoms with Crippen LogP contribution in [0.3, 0.4) is 0 Å². The molecule has 3 amide bonds. The zero-order valence-electron chi connectivity index (χ0n) is 17.7. The summed E-state index contributed by atoms with van der Waals surface area (Å²) in [5, 5.41) is 8.15. The van der Waals surface area contributed by atoms with Gasteiger partial charge in [-0.2, -0.15) is 5.10 Å². The fourth-order valence-corrected chi connectivity index (χ4v) is 4.27. The van der Waals surface area contributed by atoms with E-state index in [0.717, 1.165) is 52.3 Å². The number of halogens is 1. The number of anilines is 3. The number of hydrogen-bond donors (Lipinski definition) is 1. The average molecular weight is 486 g/mol. The van der Waals surface area contributed by atoms with Crippen molar-refractivity contribution < 1.29 is 9.59 Å². The molecular formula is C21H24BrN7O2. The first-order valence-electron chi connectivity index (χ1n) is 9.96. The first-order valence-corrected chi connectivity index (χ1v) is 10.7. The Morgan fingerprint density at radius 1 is 1.23 bits per heavy atom. The van der Waals surface area contributed by atoms with Gasteiger partial charge in [-0.1, -0.05) is 22.0 Å². The molecule has 9 nitrogen and oxygen atoms in total. The third-order valence-corrected chi connectivity index (χ3v) is 5.95. The third kappa shape index (κ3) is 4.13. The van der Waals surface area contributed by atoms with Crippen LogP contribution in [0.15, 0.2) is 34.9 Å². The number of pyridine rings is 1. The van der Waals surface area contributed by atoms with Gasteiger partial charge in [0.2, 0.25) is 6.41 Å². The molecule has 0 unspecified atom stereocenters. The van der Waals surface area contributed by atoms with Gasteiger partial charge >= 0.3 is 6.03 Å². The Bertz CT molecular complexity index is 1140. The average Bonchev–Trinajstić information content (AvgIpc) is 3.03. The highest BCUT2D eigenvalue weighted by molar-refractivity contribution is 9.10. The van der Waals surface area contributed by atoms with E-state index in [1.54, 1.807) is 23.0 Å². The molecule has 1 aliphatic rings. The minimum absolute atomic E-state index is 0.440. The highest BCUT2D eigenvalue weighted by atomic mass is 79.9. The number of nitrogens with one attached hydrogen (secondary N) is 1. The number of carbonyl (C=O) groups is 2. The Labute approximate surface area is 188 Å². The van der Waals surface area contributed by atoms with Gasteiger partial charge in [0, 0.05) is 43.4 Å². The Morgan fingerprint density at radius 2 is 1.97 bits per heavy atom. The van der Waals surface area contributed by atoms with Crippen LogP contribution < -0.4 is 15.1 Å². The highest BCUT2D eigenvalue weighted by Crippen LogP contribution is 2.37. The predicted molar refractivity (Wildman–Crippen MR) is 125 cm³/mol. The Morgan fingerprint density at radius 3 is 2.65 bits per heavy atom. The van der Waals surface area contributed by atoms with Crippen molar-refractivity contribution in [1.29, 1.82) is 0 Å². The molecule has 1 aromatic carbocycles. The van der Waals surface area contributed by atoms with Crippen molar-refractivity contribution in [3.8, 4) is 0 Å². The van der Waals surface area contributed by atoms with Gasteiger partial charge in [-0.05, 0) is 32.2 Å². The number of fused-ring (bicyclic) bond motifs is 1. The van der Waals surface area contributed by atoms with Crippen LogP contribution in [0.2, 0.25) is 0 Å². The lowest BCUT2D eigenvalue weighted by Gasteiger charge is -2.36. The van der Waals surface area contributed by atoms with E-state index in [0.29, 0.717) is 23.4 Å². The van der Waals surface area contributed by atoms with Crippen LogP contribution in [0, 0.1) is 6.92 Å². The number of aryl methyl sites for hydroxylation is 2. The molecule has 3 aromatic rings. The molecule has 162 valence electrons. The van der Waals surface area contributed by atoms with Gasteiger partial charge in [0.1, 0.15) is 0 Å². The van der Waals surface area contributed by atoms with E-state index in [9.17, 15) is 9.59 Å². The van der Waals surface area contributed by atoms with Crippen LogP contribution in [0.5, 0.6) is 0 Å². The molecule has 4 rings (SSSR count). The maximum atomic E-state index is 13.1. The molecule has 1 saturated heterocycles. The molecule has 1 fully saturated rings. The number of piperazine rings is 1. The normalized spacial score (nSPS) is 14.6. The van der Waals surface area contributed by atoms with Gasteiger partial charge in [0.05, 0.1) is 28.7 Å². The van der Waals surface area contributed by atoms with Crippen molar-refractivity contribution in [3.63, 3.8) is 0 Å². The number of nitrogens with zero attached hydrogens (tertiary/aromatic N) is 6. The number of benzene rings is 1. The Balaban J connectivity index is 1.79. The smallest absolute Gasteiger partial charge is 0.333 e. The molecule has 1 N–H and O–H groups in total. The molecule has 2 aromatic heterocycles. The van der Waals surface area contributed by atoms with Gasteiger partial charge in [-0.3, -0.25) is 9.48 Å². The van der Waals surface area contributed by atoms with E-state index in [-0.39, 0.29) is 0 Å². The molecule has 0 aliphatic carbocycles. The van der Waals surface area contributed by atoms with Gasteiger partial charge in [0.15, 0.2) is 5.65 Å². The molecule has 3 heterocycles. The number of carbonyl (C=O) groups excluding carboxylic acids is 2. The second kappa shape index (κ2) is 8.64. The third-order valence-electron chi connectivity index (χ3n) is 5.46. The Kier molecular flexibility index (Phi) is 5.92. The van der Waals surface area contributed by atoms with Crippen molar-refractivity contribution in [2.24, 2.45) is 7.05 Å². The van der Waals surface area contributed by atoms with Crippen LogP contribution in [-0.2, 0) is 11.8 Å². The largest absolute Gasteiger partial charge is 0.367 e. The minimum atomic E-state index is -0.550. The maximum Gasteiger partial charge on any atom is 0.333 e. The Hall–Kier alpha value is -2.98. The second-order valence-electron chi connectivity index (χ2n) is 7.61. The van der Waals surface area contributed by atoms with Crippen LogP contribution in [-0.4, -0.2) is 65.3 Å². The SMILES string of the molecule is Cc1nn(C)c2ncc(N(C=O)C(=O)Nc3cccc(Br)c3)c(N3CCN(C)CC3)c12. The molecule has 10 heteroatoms. The van der Waals surface area contributed by atoms with Crippen LogP contribution in [0.25, 0.3) is 11.0 Å². The van der Waals surface area contributed by atoms with Gasteiger partial charge in [-0.15, -0.1) is 0 Å². The number of urea groups is 1. The lowest BCUT2D eigenvalue weighted by atomic mass is 10.1. The lowest BCUT2D eigenvalue weighted by Crippen LogP contribution is -2.45. The first kappa shape index (κ1) is 21.3. The van der Waals surface area contributed by atoms with Crippen molar-refractivity contribution in [1.82, 2.24) is 19.7 Å². The molecule has 0 saturated carbocycles.